The highest BCUT2D eigenvalue weighted by molar-refractivity contribution is 6.30. The summed E-state index contributed by atoms with van der Waals surface area (Å²) in [7, 11) is 3.41. The molecule has 1 aliphatic heterocycles. The molecule has 2 aromatic rings. The molecule has 1 amide bonds. The van der Waals surface area contributed by atoms with Crippen molar-refractivity contribution >= 4 is 17.5 Å². The van der Waals surface area contributed by atoms with Crippen LogP contribution in [0.1, 0.15) is 40.4 Å². The van der Waals surface area contributed by atoms with Crippen LogP contribution in [0.5, 0.6) is 0 Å². The predicted molar refractivity (Wildman–Crippen MR) is 115 cm³/mol. The van der Waals surface area contributed by atoms with Crippen molar-refractivity contribution in [3.63, 3.8) is 0 Å². The average Bonchev–Trinajstić information content (AvgIpc) is 3.20. The largest absolute Gasteiger partial charge is 0.387 e. The minimum Gasteiger partial charge on any atom is -0.387 e. The molecule has 0 aromatic heterocycles. The molecular formula is C23H29ClN2O3. The van der Waals surface area contributed by atoms with Gasteiger partial charge in [0.2, 0.25) is 0 Å². The first-order valence-corrected chi connectivity index (χ1v) is 10.4. The van der Waals surface area contributed by atoms with Crippen molar-refractivity contribution in [2.24, 2.45) is 0 Å². The molecule has 2 N–H and O–H groups in total. The molecule has 3 rings (SSSR count). The van der Waals surface area contributed by atoms with E-state index in [0.29, 0.717) is 29.8 Å². The predicted octanol–water partition coefficient (Wildman–Crippen LogP) is 3.46. The number of halogens is 1. The number of benzene rings is 2. The molecule has 1 aliphatic rings. The monoisotopic (exact) mass is 416 g/mol. The van der Waals surface area contributed by atoms with Gasteiger partial charge in [-0.05, 0) is 54.7 Å². The Morgan fingerprint density at radius 2 is 1.90 bits per heavy atom. The van der Waals surface area contributed by atoms with Gasteiger partial charge in [0.25, 0.3) is 5.91 Å². The summed E-state index contributed by atoms with van der Waals surface area (Å²) >= 11 is 5.93. The number of likely N-dealkylation sites (N-methyl/N-ethyl adjacent to an activating group) is 1. The van der Waals surface area contributed by atoms with Gasteiger partial charge in [-0.25, -0.2) is 0 Å². The molecule has 0 saturated carbocycles. The molecule has 0 spiro atoms. The van der Waals surface area contributed by atoms with Gasteiger partial charge in [-0.15, -0.1) is 0 Å². The highest BCUT2D eigenvalue weighted by Crippen LogP contribution is 2.27. The van der Waals surface area contributed by atoms with E-state index in [-0.39, 0.29) is 11.9 Å². The zero-order valence-electron chi connectivity index (χ0n) is 17.0. The van der Waals surface area contributed by atoms with Crippen molar-refractivity contribution in [1.82, 2.24) is 10.2 Å². The van der Waals surface area contributed by atoms with Crippen molar-refractivity contribution in [2.45, 2.75) is 37.5 Å². The number of carbonyl (C=O) groups is 1. The van der Waals surface area contributed by atoms with Crippen LogP contribution in [0.4, 0.5) is 0 Å². The maximum atomic E-state index is 12.4. The molecule has 1 heterocycles. The first-order valence-electron chi connectivity index (χ1n) is 10.0. The summed E-state index contributed by atoms with van der Waals surface area (Å²) in [4.78, 5) is 14.1. The third kappa shape index (κ3) is 5.80. The zero-order valence-corrected chi connectivity index (χ0v) is 17.7. The number of nitrogens with zero attached hydrogens (tertiary/aromatic N) is 1. The lowest BCUT2D eigenvalue weighted by molar-refractivity contribution is 0.0744. The second-order valence-electron chi connectivity index (χ2n) is 7.66. The lowest BCUT2D eigenvalue weighted by Gasteiger charge is -2.21. The van der Waals surface area contributed by atoms with Crippen LogP contribution in [-0.2, 0) is 11.2 Å². The number of ether oxygens (including phenoxy) is 1. The second kappa shape index (κ2) is 10.2. The van der Waals surface area contributed by atoms with Gasteiger partial charge in [0.15, 0.2) is 0 Å². The van der Waals surface area contributed by atoms with E-state index in [0.717, 1.165) is 24.8 Å². The van der Waals surface area contributed by atoms with E-state index in [4.69, 9.17) is 16.3 Å². The van der Waals surface area contributed by atoms with Crippen LogP contribution in [0.2, 0.25) is 5.02 Å². The van der Waals surface area contributed by atoms with E-state index >= 15 is 0 Å². The summed E-state index contributed by atoms with van der Waals surface area (Å²) in [5.74, 6) is -0.00116. The maximum Gasteiger partial charge on any atom is 0.253 e. The maximum absolute atomic E-state index is 12.4. The summed E-state index contributed by atoms with van der Waals surface area (Å²) in [6.45, 7) is 1.09. The normalized spacial score (nSPS) is 19.9. The Balaban J connectivity index is 1.53. The Bertz CT molecular complexity index is 795. The van der Waals surface area contributed by atoms with Crippen LogP contribution < -0.4 is 5.32 Å². The summed E-state index contributed by atoms with van der Waals surface area (Å²) in [5.41, 5.74) is 2.75. The third-order valence-electron chi connectivity index (χ3n) is 5.53. The lowest BCUT2D eigenvalue weighted by atomic mass is 10.0. The summed E-state index contributed by atoms with van der Waals surface area (Å²) in [5, 5.41) is 14.9. The minimum atomic E-state index is -0.542. The Morgan fingerprint density at radius 3 is 2.55 bits per heavy atom. The molecule has 5 nitrogen and oxygen atoms in total. The Hall–Kier alpha value is -1.92. The molecule has 1 saturated heterocycles. The van der Waals surface area contributed by atoms with Crippen molar-refractivity contribution in [3.8, 4) is 0 Å². The summed E-state index contributed by atoms with van der Waals surface area (Å²) in [6.07, 6.45) is 2.27. The molecule has 0 bridgehead atoms. The Morgan fingerprint density at radius 1 is 1.21 bits per heavy atom. The summed E-state index contributed by atoms with van der Waals surface area (Å²) < 4.78 is 5.03. The molecule has 0 aliphatic carbocycles. The van der Waals surface area contributed by atoms with E-state index in [1.54, 1.807) is 19.1 Å². The van der Waals surface area contributed by atoms with Crippen LogP contribution in [0.25, 0.3) is 0 Å². The van der Waals surface area contributed by atoms with Crippen molar-refractivity contribution in [1.29, 1.82) is 0 Å². The molecule has 0 radical (unpaired) electrons. The van der Waals surface area contributed by atoms with E-state index in [1.165, 1.54) is 5.56 Å². The second-order valence-corrected chi connectivity index (χ2v) is 8.10. The number of rotatable bonds is 8. The standard InChI is InChI=1S/C23H29ClN2O3/c1-26(13-14-29-2)23(28)18-5-3-16(4-6-18)15-20-11-12-21(25-20)22(27)17-7-9-19(24)10-8-17/h3-10,20-22,25,27H,11-15H2,1-2H3/t20-,21+,22?/m0/s1. The van der Waals surface area contributed by atoms with Crippen LogP contribution in [0.15, 0.2) is 48.5 Å². The van der Waals surface area contributed by atoms with E-state index in [2.05, 4.69) is 5.32 Å². The number of aliphatic hydroxyl groups excluding tert-OH is 1. The number of aliphatic hydroxyl groups is 1. The number of carbonyl (C=O) groups excluding carboxylic acids is 1. The molecule has 29 heavy (non-hydrogen) atoms. The zero-order chi connectivity index (χ0) is 20.8. The number of nitrogens with one attached hydrogen (secondary N) is 1. The fraction of sp³-hybridized carbons (Fsp3) is 0.435. The van der Waals surface area contributed by atoms with Gasteiger partial charge >= 0.3 is 0 Å². The molecule has 156 valence electrons. The quantitative estimate of drug-likeness (QED) is 0.691. The molecule has 1 fully saturated rings. The SMILES string of the molecule is COCCN(C)C(=O)c1ccc(C[C@@H]2CC[C@H](C(O)c3ccc(Cl)cc3)N2)cc1. The summed E-state index contributed by atoms with van der Waals surface area (Å²) in [6, 6.07) is 15.5. The Kier molecular flexibility index (Phi) is 7.67. The van der Waals surface area contributed by atoms with Crippen LogP contribution in [-0.4, -0.2) is 55.3 Å². The van der Waals surface area contributed by atoms with Crippen LogP contribution >= 0.6 is 11.6 Å². The fourth-order valence-electron chi connectivity index (χ4n) is 3.77. The van der Waals surface area contributed by atoms with Gasteiger partial charge in [-0.2, -0.15) is 0 Å². The van der Waals surface area contributed by atoms with Crippen LogP contribution in [0, 0.1) is 0 Å². The molecular weight excluding hydrogens is 388 g/mol. The molecule has 3 atom stereocenters. The molecule has 6 heteroatoms. The highest BCUT2D eigenvalue weighted by Gasteiger charge is 2.30. The average molecular weight is 417 g/mol. The van der Waals surface area contributed by atoms with Gasteiger partial charge in [0.1, 0.15) is 0 Å². The smallest absolute Gasteiger partial charge is 0.253 e. The van der Waals surface area contributed by atoms with E-state index in [9.17, 15) is 9.90 Å². The van der Waals surface area contributed by atoms with E-state index in [1.807, 2.05) is 48.5 Å². The minimum absolute atomic E-state index is 0.00116. The van der Waals surface area contributed by atoms with Crippen molar-refractivity contribution in [2.75, 3.05) is 27.3 Å². The van der Waals surface area contributed by atoms with Gasteiger partial charge in [0, 0.05) is 43.4 Å². The number of hydrogen-bond acceptors (Lipinski definition) is 4. The molecule has 2 aromatic carbocycles. The van der Waals surface area contributed by atoms with Gasteiger partial charge in [-0.1, -0.05) is 35.9 Å². The van der Waals surface area contributed by atoms with Gasteiger partial charge < -0.3 is 20.1 Å². The fourth-order valence-corrected chi connectivity index (χ4v) is 3.90. The number of amides is 1. The first-order chi connectivity index (χ1) is 14.0. The van der Waals surface area contributed by atoms with Crippen molar-refractivity contribution < 1.29 is 14.6 Å². The van der Waals surface area contributed by atoms with Crippen molar-refractivity contribution in [3.05, 3.63) is 70.2 Å². The number of methoxy groups -OCH3 is 1. The lowest BCUT2D eigenvalue weighted by Crippen LogP contribution is -2.35. The Labute approximate surface area is 177 Å². The number of hydrogen-bond donors (Lipinski definition) is 2. The van der Waals surface area contributed by atoms with Gasteiger partial charge in [0.05, 0.1) is 12.7 Å². The third-order valence-corrected chi connectivity index (χ3v) is 5.78. The highest BCUT2D eigenvalue weighted by atomic mass is 35.5. The van der Waals surface area contributed by atoms with E-state index < -0.39 is 6.10 Å². The van der Waals surface area contributed by atoms with Crippen LogP contribution in [0.3, 0.4) is 0 Å². The molecule has 1 unspecified atom stereocenters. The topological polar surface area (TPSA) is 61.8 Å². The van der Waals surface area contributed by atoms with Gasteiger partial charge in [-0.3, -0.25) is 4.79 Å². The first kappa shape index (κ1) is 21.8.